The third-order valence-electron chi connectivity index (χ3n) is 2.77. The standard InChI is InChI=1S/C12H15N5O/c1-7-5-14-10(6-13-7)12(18)15-11-8(2)9(3)16-17(11)4/h5-6H,1-4H3,(H,15,18). The molecule has 18 heavy (non-hydrogen) atoms. The molecular weight excluding hydrogens is 230 g/mol. The van der Waals surface area contributed by atoms with Crippen molar-refractivity contribution in [2.75, 3.05) is 5.32 Å². The summed E-state index contributed by atoms with van der Waals surface area (Å²) in [6.07, 6.45) is 3.03. The number of nitrogens with zero attached hydrogens (tertiary/aromatic N) is 4. The summed E-state index contributed by atoms with van der Waals surface area (Å²) in [4.78, 5) is 20.1. The molecule has 6 heteroatoms. The molecular formula is C12H15N5O. The van der Waals surface area contributed by atoms with Crippen LogP contribution in [0, 0.1) is 20.8 Å². The predicted octanol–water partition coefficient (Wildman–Crippen LogP) is 1.39. The van der Waals surface area contributed by atoms with E-state index in [4.69, 9.17) is 0 Å². The first-order valence-electron chi connectivity index (χ1n) is 5.59. The van der Waals surface area contributed by atoms with Gasteiger partial charge < -0.3 is 5.32 Å². The van der Waals surface area contributed by atoms with Crippen LogP contribution < -0.4 is 5.32 Å². The number of carbonyl (C=O) groups excluding carboxylic acids is 1. The molecule has 0 unspecified atom stereocenters. The van der Waals surface area contributed by atoms with Gasteiger partial charge >= 0.3 is 0 Å². The van der Waals surface area contributed by atoms with Gasteiger partial charge in [-0.05, 0) is 20.8 Å². The van der Waals surface area contributed by atoms with E-state index in [-0.39, 0.29) is 5.91 Å². The summed E-state index contributed by atoms with van der Waals surface area (Å²) in [6, 6.07) is 0. The van der Waals surface area contributed by atoms with E-state index >= 15 is 0 Å². The maximum atomic E-state index is 12.0. The highest BCUT2D eigenvalue weighted by atomic mass is 16.2. The normalized spacial score (nSPS) is 10.4. The second kappa shape index (κ2) is 4.56. The van der Waals surface area contributed by atoms with Crippen molar-refractivity contribution in [3.63, 3.8) is 0 Å². The third-order valence-corrected chi connectivity index (χ3v) is 2.77. The quantitative estimate of drug-likeness (QED) is 0.867. The Bertz CT molecular complexity index is 585. The highest BCUT2D eigenvalue weighted by Gasteiger charge is 2.14. The first-order chi connectivity index (χ1) is 8.49. The van der Waals surface area contributed by atoms with Crippen LogP contribution in [0.1, 0.15) is 27.4 Å². The molecule has 0 aliphatic carbocycles. The molecule has 0 spiro atoms. The smallest absolute Gasteiger partial charge is 0.277 e. The van der Waals surface area contributed by atoms with Crippen molar-refractivity contribution in [1.82, 2.24) is 19.7 Å². The number of rotatable bonds is 2. The lowest BCUT2D eigenvalue weighted by atomic mass is 10.2. The highest BCUT2D eigenvalue weighted by molar-refractivity contribution is 6.02. The van der Waals surface area contributed by atoms with Gasteiger partial charge in [-0.15, -0.1) is 0 Å². The predicted molar refractivity (Wildman–Crippen MR) is 67.4 cm³/mol. The van der Waals surface area contributed by atoms with E-state index in [0.29, 0.717) is 11.5 Å². The number of hydrogen-bond acceptors (Lipinski definition) is 4. The van der Waals surface area contributed by atoms with E-state index in [1.165, 1.54) is 6.20 Å². The fourth-order valence-electron chi connectivity index (χ4n) is 1.62. The Labute approximate surface area is 105 Å². The van der Waals surface area contributed by atoms with Crippen molar-refractivity contribution in [2.45, 2.75) is 20.8 Å². The van der Waals surface area contributed by atoms with Gasteiger partial charge in [-0.3, -0.25) is 14.5 Å². The molecule has 2 aromatic heterocycles. The lowest BCUT2D eigenvalue weighted by Crippen LogP contribution is -2.17. The first-order valence-corrected chi connectivity index (χ1v) is 5.59. The molecule has 94 valence electrons. The van der Waals surface area contributed by atoms with E-state index < -0.39 is 0 Å². The molecule has 2 heterocycles. The van der Waals surface area contributed by atoms with Crippen LogP contribution in [0.5, 0.6) is 0 Å². The van der Waals surface area contributed by atoms with Crippen LogP contribution in [-0.4, -0.2) is 25.7 Å². The minimum atomic E-state index is -0.284. The Morgan fingerprint density at radius 3 is 2.44 bits per heavy atom. The van der Waals surface area contributed by atoms with Crippen LogP contribution in [0.2, 0.25) is 0 Å². The Morgan fingerprint density at radius 1 is 1.22 bits per heavy atom. The molecule has 0 aliphatic heterocycles. The SMILES string of the molecule is Cc1cnc(C(=O)Nc2c(C)c(C)nn2C)cn1. The molecule has 0 aromatic carbocycles. The fraction of sp³-hybridized carbons (Fsp3) is 0.333. The van der Waals surface area contributed by atoms with Gasteiger partial charge in [-0.1, -0.05) is 0 Å². The van der Waals surface area contributed by atoms with Crippen LogP contribution in [0.25, 0.3) is 0 Å². The van der Waals surface area contributed by atoms with Crippen molar-refractivity contribution in [3.05, 3.63) is 35.0 Å². The molecule has 2 rings (SSSR count). The largest absolute Gasteiger partial charge is 0.305 e. The summed E-state index contributed by atoms with van der Waals surface area (Å²) in [6.45, 7) is 5.64. The Balaban J connectivity index is 2.24. The van der Waals surface area contributed by atoms with Gasteiger partial charge in [-0.2, -0.15) is 5.10 Å². The Morgan fingerprint density at radius 2 is 1.94 bits per heavy atom. The highest BCUT2D eigenvalue weighted by Crippen LogP contribution is 2.17. The van der Waals surface area contributed by atoms with Crippen molar-refractivity contribution in [1.29, 1.82) is 0 Å². The number of hydrogen-bond donors (Lipinski definition) is 1. The van der Waals surface area contributed by atoms with E-state index in [1.54, 1.807) is 17.9 Å². The Hall–Kier alpha value is -2.24. The molecule has 0 fully saturated rings. The maximum absolute atomic E-state index is 12.0. The van der Waals surface area contributed by atoms with Gasteiger partial charge in [0.05, 0.1) is 17.6 Å². The third kappa shape index (κ3) is 2.22. The molecule has 0 saturated heterocycles. The summed E-state index contributed by atoms with van der Waals surface area (Å²) < 4.78 is 1.64. The molecule has 0 bridgehead atoms. The summed E-state index contributed by atoms with van der Waals surface area (Å²) in [5.41, 5.74) is 2.91. The number of amides is 1. The topological polar surface area (TPSA) is 72.7 Å². The number of anilines is 1. The summed E-state index contributed by atoms with van der Waals surface area (Å²) >= 11 is 0. The average Bonchev–Trinajstić information content (AvgIpc) is 2.57. The minimum Gasteiger partial charge on any atom is -0.305 e. The van der Waals surface area contributed by atoms with Gasteiger partial charge in [0.15, 0.2) is 0 Å². The first kappa shape index (κ1) is 12.2. The van der Waals surface area contributed by atoms with Gasteiger partial charge in [0.2, 0.25) is 0 Å². The van der Waals surface area contributed by atoms with Gasteiger partial charge in [0.1, 0.15) is 11.5 Å². The van der Waals surface area contributed by atoms with Crippen LogP contribution in [-0.2, 0) is 7.05 Å². The second-order valence-corrected chi connectivity index (χ2v) is 4.18. The second-order valence-electron chi connectivity index (χ2n) is 4.18. The Kier molecular flexibility index (Phi) is 3.10. The van der Waals surface area contributed by atoms with Crippen LogP contribution in [0.15, 0.2) is 12.4 Å². The van der Waals surface area contributed by atoms with Crippen molar-refractivity contribution in [2.24, 2.45) is 7.05 Å². The van der Waals surface area contributed by atoms with E-state index in [2.05, 4.69) is 20.4 Å². The van der Waals surface area contributed by atoms with Crippen molar-refractivity contribution >= 4 is 11.7 Å². The van der Waals surface area contributed by atoms with Gasteiger partial charge in [0, 0.05) is 18.8 Å². The monoisotopic (exact) mass is 245 g/mol. The van der Waals surface area contributed by atoms with Crippen molar-refractivity contribution in [3.8, 4) is 0 Å². The van der Waals surface area contributed by atoms with Gasteiger partial charge in [-0.25, -0.2) is 4.98 Å². The number of carbonyl (C=O) groups is 1. The average molecular weight is 245 g/mol. The number of aromatic nitrogens is 4. The molecule has 0 atom stereocenters. The molecule has 0 aliphatic rings. The van der Waals surface area contributed by atoms with E-state index in [1.807, 2.05) is 20.8 Å². The van der Waals surface area contributed by atoms with Crippen LogP contribution in [0.4, 0.5) is 5.82 Å². The zero-order valence-electron chi connectivity index (χ0n) is 10.9. The van der Waals surface area contributed by atoms with Crippen LogP contribution in [0.3, 0.4) is 0 Å². The number of aryl methyl sites for hydroxylation is 3. The minimum absolute atomic E-state index is 0.284. The lowest BCUT2D eigenvalue weighted by Gasteiger charge is -2.06. The summed E-state index contributed by atoms with van der Waals surface area (Å²) in [7, 11) is 1.79. The summed E-state index contributed by atoms with van der Waals surface area (Å²) in [5.74, 6) is 0.397. The van der Waals surface area contributed by atoms with Crippen LogP contribution >= 0.6 is 0 Å². The lowest BCUT2D eigenvalue weighted by molar-refractivity contribution is 0.102. The summed E-state index contributed by atoms with van der Waals surface area (Å²) in [5, 5.41) is 7.03. The molecule has 1 amide bonds. The van der Waals surface area contributed by atoms with E-state index in [0.717, 1.165) is 17.0 Å². The molecule has 2 aromatic rings. The van der Waals surface area contributed by atoms with E-state index in [9.17, 15) is 4.79 Å². The zero-order chi connectivity index (χ0) is 13.3. The van der Waals surface area contributed by atoms with Crippen molar-refractivity contribution < 1.29 is 4.79 Å². The fourth-order valence-corrected chi connectivity index (χ4v) is 1.62. The van der Waals surface area contributed by atoms with Gasteiger partial charge in [0.25, 0.3) is 5.91 Å². The molecule has 6 nitrogen and oxygen atoms in total. The zero-order valence-corrected chi connectivity index (χ0v) is 10.9. The molecule has 0 radical (unpaired) electrons. The molecule has 0 saturated carbocycles. The molecule has 1 N–H and O–H groups in total. The number of nitrogens with one attached hydrogen (secondary N) is 1. The maximum Gasteiger partial charge on any atom is 0.277 e.